The van der Waals surface area contributed by atoms with Gasteiger partial charge in [0.25, 0.3) is 5.91 Å². The van der Waals surface area contributed by atoms with Gasteiger partial charge >= 0.3 is 6.61 Å². The summed E-state index contributed by atoms with van der Waals surface area (Å²) in [7, 11) is 0. The van der Waals surface area contributed by atoms with Crippen molar-refractivity contribution in [3.8, 4) is 5.75 Å². The standard InChI is InChI=1S/C14H21F2NO3S/c1-8-5-10(20-13(15)16)11(21-8)12(19)17-9(7-18)6-14(2,3)4/h5,9,13,18H,6-7H2,1-4H3,(H,17,19). The van der Waals surface area contributed by atoms with Crippen LogP contribution in [0.3, 0.4) is 0 Å². The summed E-state index contributed by atoms with van der Waals surface area (Å²) >= 11 is 1.08. The molecule has 120 valence electrons. The number of hydrogen-bond acceptors (Lipinski definition) is 4. The minimum Gasteiger partial charge on any atom is -0.433 e. The summed E-state index contributed by atoms with van der Waals surface area (Å²) in [6.07, 6.45) is 0.574. The van der Waals surface area contributed by atoms with E-state index in [1.165, 1.54) is 6.07 Å². The van der Waals surface area contributed by atoms with Crippen molar-refractivity contribution in [1.82, 2.24) is 5.32 Å². The Labute approximate surface area is 127 Å². The van der Waals surface area contributed by atoms with Crippen LogP contribution in [0.15, 0.2) is 6.07 Å². The fraction of sp³-hybridized carbons (Fsp3) is 0.643. The number of rotatable bonds is 6. The van der Waals surface area contributed by atoms with Crippen LogP contribution in [0.5, 0.6) is 5.75 Å². The molecule has 1 amide bonds. The highest BCUT2D eigenvalue weighted by atomic mass is 32.1. The summed E-state index contributed by atoms with van der Waals surface area (Å²) in [5.74, 6) is -0.635. The topological polar surface area (TPSA) is 58.6 Å². The summed E-state index contributed by atoms with van der Waals surface area (Å²) in [4.78, 5) is 13.0. The summed E-state index contributed by atoms with van der Waals surface area (Å²) in [6.45, 7) is 4.48. The number of amides is 1. The lowest BCUT2D eigenvalue weighted by atomic mass is 9.88. The number of halogens is 2. The Bertz CT molecular complexity index is 483. The summed E-state index contributed by atoms with van der Waals surface area (Å²) < 4.78 is 29.0. The number of aryl methyl sites for hydroxylation is 1. The number of alkyl halides is 2. The lowest BCUT2D eigenvalue weighted by molar-refractivity contribution is -0.0498. The molecule has 0 bridgehead atoms. The maximum absolute atomic E-state index is 12.3. The van der Waals surface area contributed by atoms with Crippen molar-refractivity contribution in [3.63, 3.8) is 0 Å². The molecule has 0 saturated carbocycles. The molecule has 0 radical (unpaired) electrons. The van der Waals surface area contributed by atoms with Crippen LogP contribution in [-0.2, 0) is 0 Å². The summed E-state index contributed by atoms with van der Waals surface area (Å²) in [5.41, 5.74) is -0.0751. The molecule has 1 aromatic heterocycles. The molecule has 1 unspecified atom stereocenters. The van der Waals surface area contributed by atoms with Gasteiger partial charge in [-0.2, -0.15) is 8.78 Å². The molecular formula is C14H21F2NO3S. The molecular weight excluding hydrogens is 300 g/mol. The predicted molar refractivity (Wildman–Crippen MR) is 78.1 cm³/mol. The SMILES string of the molecule is Cc1cc(OC(F)F)c(C(=O)NC(CO)CC(C)(C)C)s1. The smallest absolute Gasteiger partial charge is 0.387 e. The maximum Gasteiger partial charge on any atom is 0.387 e. The van der Waals surface area contributed by atoms with Gasteiger partial charge in [-0.1, -0.05) is 20.8 Å². The van der Waals surface area contributed by atoms with Gasteiger partial charge in [-0.05, 0) is 24.8 Å². The van der Waals surface area contributed by atoms with Crippen molar-refractivity contribution >= 4 is 17.2 Å². The highest BCUT2D eigenvalue weighted by Crippen LogP contribution is 2.30. The third-order valence-electron chi connectivity index (χ3n) is 2.66. The largest absolute Gasteiger partial charge is 0.433 e. The van der Waals surface area contributed by atoms with Crippen molar-refractivity contribution < 1.29 is 23.4 Å². The van der Waals surface area contributed by atoms with Crippen molar-refractivity contribution in [1.29, 1.82) is 0 Å². The molecule has 21 heavy (non-hydrogen) atoms. The van der Waals surface area contributed by atoms with Gasteiger partial charge in [-0.15, -0.1) is 11.3 Å². The summed E-state index contributed by atoms with van der Waals surface area (Å²) in [5, 5.41) is 12.0. The van der Waals surface area contributed by atoms with Crippen LogP contribution in [0, 0.1) is 12.3 Å². The van der Waals surface area contributed by atoms with Gasteiger partial charge in [-0.25, -0.2) is 0 Å². The minimum atomic E-state index is -2.98. The number of hydrogen-bond donors (Lipinski definition) is 2. The number of aliphatic hydroxyl groups is 1. The van der Waals surface area contributed by atoms with Gasteiger partial charge in [0.05, 0.1) is 12.6 Å². The Morgan fingerprint density at radius 2 is 2.10 bits per heavy atom. The molecule has 4 nitrogen and oxygen atoms in total. The highest BCUT2D eigenvalue weighted by Gasteiger charge is 2.24. The first-order valence-corrected chi connectivity index (χ1v) is 7.41. The van der Waals surface area contributed by atoms with Crippen LogP contribution < -0.4 is 10.1 Å². The van der Waals surface area contributed by atoms with E-state index in [0.717, 1.165) is 11.3 Å². The van der Waals surface area contributed by atoms with Crippen LogP contribution in [0.2, 0.25) is 0 Å². The normalized spacial score (nSPS) is 13.3. The predicted octanol–water partition coefficient (Wildman–Crippen LogP) is 3.18. The molecule has 1 rings (SSSR count). The Balaban J connectivity index is 2.83. The van der Waals surface area contributed by atoms with Crippen LogP contribution >= 0.6 is 11.3 Å². The van der Waals surface area contributed by atoms with Crippen molar-refractivity contribution in [2.75, 3.05) is 6.61 Å². The van der Waals surface area contributed by atoms with E-state index in [-0.39, 0.29) is 22.6 Å². The fourth-order valence-electron chi connectivity index (χ4n) is 1.98. The minimum absolute atomic E-state index is 0.0751. The molecule has 1 atom stereocenters. The molecule has 2 N–H and O–H groups in total. The number of thiophene rings is 1. The molecule has 0 fully saturated rings. The van der Waals surface area contributed by atoms with Crippen LogP contribution in [0.1, 0.15) is 41.7 Å². The molecule has 0 aromatic carbocycles. The first-order chi connectivity index (χ1) is 9.62. The first-order valence-electron chi connectivity index (χ1n) is 6.59. The third-order valence-corrected chi connectivity index (χ3v) is 3.69. The van der Waals surface area contributed by atoms with Crippen LogP contribution in [0.4, 0.5) is 8.78 Å². The molecule has 0 aliphatic rings. The van der Waals surface area contributed by atoms with Gasteiger partial charge in [0.1, 0.15) is 10.6 Å². The zero-order valence-corrected chi connectivity index (χ0v) is 13.4. The maximum atomic E-state index is 12.3. The number of aliphatic hydroxyl groups excluding tert-OH is 1. The second-order valence-electron chi connectivity index (χ2n) is 6.05. The highest BCUT2D eigenvalue weighted by molar-refractivity contribution is 7.14. The number of carbonyl (C=O) groups is 1. The molecule has 1 heterocycles. The Morgan fingerprint density at radius 1 is 1.48 bits per heavy atom. The van der Waals surface area contributed by atoms with Crippen molar-refractivity contribution in [2.24, 2.45) is 5.41 Å². The molecule has 7 heteroatoms. The fourth-order valence-corrected chi connectivity index (χ4v) is 2.83. The average Bonchev–Trinajstić information content (AvgIpc) is 2.66. The Kier molecular flexibility index (Phi) is 6.10. The van der Waals surface area contributed by atoms with Crippen molar-refractivity contribution in [2.45, 2.75) is 46.8 Å². The van der Waals surface area contributed by atoms with Gasteiger partial charge in [0, 0.05) is 4.88 Å². The zero-order valence-electron chi connectivity index (χ0n) is 12.6. The third kappa shape index (κ3) is 5.97. The second-order valence-corrected chi connectivity index (χ2v) is 7.30. The van der Waals surface area contributed by atoms with Gasteiger partial charge in [0.15, 0.2) is 0 Å². The number of nitrogens with one attached hydrogen (secondary N) is 1. The number of ether oxygens (including phenoxy) is 1. The number of carbonyl (C=O) groups excluding carboxylic acids is 1. The van der Waals surface area contributed by atoms with Gasteiger partial charge in [-0.3, -0.25) is 4.79 Å². The van der Waals surface area contributed by atoms with E-state index in [1.54, 1.807) is 6.92 Å². The van der Waals surface area contributed by atoms with E-state index in [9.17, 15) is 18.7 Å². The monoisotopic (exact) mass is 321 g/mol. The summed E-state index contributed by atoms with van der Waals surface area (Å²) in [6, 6.07) is 0.975. The van der Waals surface area contributed by atoms with E-state index >= 15 is 0 Å². The molecule has 0 saturated heterocycles. The van der Waals surface area contributed by atoms with Gasteiger partial charge in [0.2, 0.25) is 0 Å². The van der Waals surface area contributed by atoms with E-state index in [4.69, 9.17) is 0 Å². The Morgan fingerprint density at radius 3 is 2.57 bits per heavy atom. The zero-order chi connectivity index (χ0) is 16.2. The van der Waals surface area contributed by atoms with E-state index in [1.807, 2.05) is 20.8 Å². The second kappa shape index (κ2) is 7.17. The Hall–Kier alpha value is -1.21. The van der Waals surface area contributed by atoms with E-state index < -0.39 is 18.6 Å². The lowest BCUT2D eigenvalue weighted by Gasteiger charge is -2.25. The van der Waals surface area contributed by atoms with E-state index in [0.29, 0.717) is 11.3 Å². The quantitative estimate of drug-likeness (QED) is 0.846. The van der Waals surface area contributed by atoms with Crippen LogP contribution in [0.25, 0.3) is 0 Å². The van der Waals surface area contributed by atoms with Crippen molar-refractivity contribution in [3.05, 3.63) is 15.8 Å². The molecule has 1 aromatic rings. The van der Waals surface area contributed by atoms with E-state index in [2.05, 4.69) is 10.1 Å². The first kappa shape index (κ1) is 17.8. The lowest BCUT2D eigenvalue weighted by Crippen LogP contribution is -2.39. The molecule has 0 spiro atoms. The molecule has 0 aliphatic heterocycles. The molecule has 0 aliphatic carbocycles. The van der Waals surface area contributed by atoms with Crippen LogP contribution in [-0.4, -0.2) is 30.3 Å². The van der Waals surface area contributed by atoms with Gasteiger partial charge < -0.3 is 15.2 Å². The average molecular weight is 321 g/mol.